The van der Waals surface area contributed by atoms with Gasteiger partial charge >= 0.3 is 0 Å². The van der Waals surface area contributed by atoms with Crippen molar-refractivity contribution in [1.82, 2.24) is 0 Å². The molecule has 0 aromatic heterocycles. The van der Waals surface area contributed by atoms with Crippen LogP contribution in [0.1, 0.15) is 18.5 Å². The summed E-state index contributed by atoms with van der Waals surface area (Å²) in [5, 5.41) is 13.6. The summed E-state index contributed by atoms with van der Waals surface area (Å²) in [6.07, 6.45) is 0. The van der Waals surface area contributed by atoms with Crippen LogP contribution < -0.4 is 5.32 Å². The minimum absolute atomic E-state index is 0.272. The summed E-state index contributed by atoms with van der Waals surface area (Å²) in [5.74, 6) is -1.07. The Balaban J connectivity index is 2.23. The molecule has 0 heterocycles. The molecule has 2 rings (SSSR count). The number of hydrogen-bond donors (Lipinski definition) is 1. The molecule has 2 aromatic rings. The Morgan fingerprint density at radius 2 is 1.90 bits per heavy atom. The van der Waals surface area contributed by atoms with Crippen LogP contribution in [-0.4, -0.2) is 4.92 Å². The highest BCUT2D eigenvalue weighted by atomic mass is 19.1. The van der Waals surface area contributed by atoms with Gasteiger partial charge in [-0.3, -0.25) is 10.1 Å². The maximum absolute atomic E-state index is 13.3. The van der Waals surface area contributed by atoms with Crippen LogP contribution in [-0.2, 0) is 0 Å². The second-order valence-corrected chi connectivity index (χ2v) is 4.38. The molecule has 1 atom stereocenters. The Morgan fingerprint density at radius 1 is 1.15 bits per heavy atom. The Morgan fingerprint density at radius 3 is 2.55 bits per heavy atom. The van der Waals surface area contributed by atoms with E-state index < -0.39 is 10.7 Å². The van der Waals surface area contributed by atoms with Crippen molar-refractivity contribution in [2.24, 2.45) is 0 Å². The molecule has 0 amide bonds. The number of nitrogens with one attached hydrogen (secondary N) is 1. The number of nitro groups is 1. The first-order valence-corrected chi connectivity index (χ1v) is 5.92. The molecular formula is C14H12F2N2O2. The number of nitro benzene ring substituents is 1. The molecule has 0 radical (unpaired) electrons. The van der Waals surface area contributed by atoms with Gasteiger partial charge in [0.1, 0.15) is 11.6 Å². The molecule has 0 aliphatic rings. The fourth-order valence-electron chi connectivity index (χ4n) is 1.87. The minimum atomic E-state index is -0.701. The number of halogens is 2. The monoisotopic (exact) mass is 278 g/mol. The van der Waals surface area contributed by atoms with Gasteiger partial charge in [0, 0.05) is 17.8 Å². The maximum atomic E-state index is 13.3. The van der Waals surface area contributed by atoms with Crippen molar-refractivity contribution >= 4 is 11.4 Å². The zero-order valence-electron chi connectivity index (χ0n) is 10.6. The van der Waals surface area contributed by atoms with Crippen LogP contribution >= 0.6 is 0 Å². The Bertz CT molecular complexity index is 647. The van der Waals surface area contributed by atoms with Crippen LogP contribution in [0.4, 0.5) is 20.2 Å². The lowest BCUT2D eigenvalue weighted by Crippen LogP contribution is -2.07. The first kappa shape index (κ1) is 13.9. The van der Waals surface area contributed by atoms with Crippen molar-refractivity contribution in [3.8, 4) is 0 Å². The lowest BCUT2D eigenvalue weighted by atomic mass is 10.1. The third-order valence-corrected chi connectivity index (χ3v) is 2.83. The third kappa shape index (κ3) is 3.28. The number of hydrogen-bond acceptors (Lipinski definition) is 3. The summed E-state index contributed by atoms with van der Waals surface area (Å²) in [5.41, 5.74) is 0.601. The van der Waals surface area contributed by atoms with E-state index in [9.17, 15) is 18.9 Å². The van der Waals surface area contributed by atoms with Gasteiger partial charge in [0.2, 0.25) is 0 Å². The number of non-ortho nitro benzene ring substituents is 1. The van der Waals surface area contributed by atoms with Gasteiger partial charge in [0.15, 0.2) is 0 Å². The Labute approximate surface area is 114 Å². The summed E-state index contributed by atoms with van der Waals surface area (Å²) < 4.78 is 26.4. The van der Waals surface area contributed by atoms with Crippen LogP contribution in [0.3, 0.4) is 0 Å². The average molecular weight is 278 g/mol. The van der Waals surface area contributed by atoms with E-state index in [2.05, 4.69) is 5.32 Å². The SMILES string of the molecule is CC(Nc1cc(F)cc([N+](=O)[O-])c1)c1cccc(F)c1. The number of anilines is 1. The van der Waals surface area contributed by atoms with Gasteiger partial charge in [-0.1, -0.05) is 12.1 Å². The van der Waals surface area contributed by atoms with Crippen molar-refractivity contribution in [3.63, 3.8) is 0 Å². The third-order valence-electron chi connectivity index (χ3n) is 2.83. The first-order valence-electron chi connectivity index (χ1n) is 5.92. The summed E-state index contributed by atoms with van der Waals surface area (Å²) in [6, 6.07) is 8.88. The van der Waals surface area contributed by atoms with E-state index in [4.69, 9.17) is 0 Å². The standard InChI is InChI=1S/C14H12F2N2O2/c1-9(10-3-2-4-11(15)5-10)17-13-6-12(16)7-14(8-13)18(19)20/h2-9,17H,1H3. The second kappa shape index (κ2) is 5.64. The normalized spacial score (nSPS) is 11.9. The van der Waals surface area contributed by atoms with Crippen molar-refractivity contribution < 1.29 is 13.7 Å². The van der Waals surface area contributed by atoms with E-state index in [1.54, 1.807) is 19.1 Å². The molecule has 1 N–H and O–H groups in total. The van der Waals surface area contributed by atoms with E-state index in [1.807, 2.05) is 0 Å². The molecule has 4 nitrogen and oxygen atoms in total. The number of benzene rings is 2. The summed E-state index contributed by atoms with van der Waals surface area (Å²) in [7, 11) is 0. The molecule has 6 heteroatoms. The molecule has 2 aromatic carbocycles. The van der Waals surface area contributed by atoms with E-state index in [-0.39, 0.29) is 23.2 Å². The van der Waals surface area contributed by atoms with E-state index >= 15 is 0 Å². The van der Waals surface area contributed by atoms with Gasteiger partial charge in [-0.25, -0.2) is 8.78 Å². The minimum Gasteiger partial charge on any atom is -0.378 e. The van der Waals surface area contributed by atoms with Gasteiger partial charge in [-0.2, -0.15) is 0 Å². The van der Waals surface area contributed by atoms with Crippen molar-refractivity contribution in [1.29, 1.82) is 0 Å². The van der Waals surface area contributed by atoms with Crippen LogP contribution in [0.15, 0.2) is 42.5 Å². The maximum Gasteiger partial charge on any atom is 0.274 e. The molecule has 0 spiro atoms. The zero-order valence-corrected chi connectivity index (χ0v) is 10.6. The topological polar surface area (TPSA) is 55.2 Å². The second-order valence-electron chi connectivity index (χ2n) is 4.38. The van der Waals surface area contributed by atoms with Crippen molar-refractivity contribution in [3.05, 3.63) is 69.8 Å². The zero-order chi connectivity index (χ0) is 14.7. The van der Waals surface area contributed by atoms with E-state index in [1.165, 1.54) is 18.2 Å². The fraction of sp³-hybridized carbons (Fsp3) is 0.143. The van der Waals surface area contributed by atoms with Gasteiger partial charge in [-0.05, 0) is 30.7 Å². The Kier molecular flexibility index (Phi) is 3.93. The van der Waals surface area contributed by atoms with Gasteiger partial charge in [-0.15, -0.1) is 0 Å². The molecule has 20 heavy (non-hydrogen) atoms. The van der Waals surface area contributed by atoms with Crippen LogP contribution in [0.2, 0.25) is 0 Å². The first-order chi connectivity index (χ1) is 9.45. The summed E-state index contributed by atoms with van der Waals surface area (Å²) >= 11 is 0. The highest BCUT2D eigenvalue weighted by Crippen LogP contribution is 2.24. The highest BCUT2D eigenvalue weighted by molar-refractivity contribution is 5.52. The quantitative estimate of drug-likeness (QED) is 0.678. The molecule has 0 bridgehead atoms. The molecule has 0 aliphatic carbocycles. The molecule has 0 saturated heterocycles. The van der Waals surface area contributed by atoms with Crippen LogP contribution in [0.5, 0.6) is 0 Å². The van der Waals surface area contributed by atoms with Crippen LogP contribution in [0.25, 0.3) is 0 Å². The number of rotatable bonds is 4. The summed E-state index contributed by atoms with van der Waals surface area (Å²) in [4.78, 5) is 10.0. The molecular weight excluding hydrogens is 266 g/mol. The van der Waals surface area contributed by atoms with E-state index in [0.29, 0.717) is 5.56 Å². The van der Waals surface area contributed by atoms with Gasteiger partial charge in [0.25, 0.3) is 5.69 Å². The molecule has 0 saturated carbocycles. The summed E-state index contributed by atoms with van der Waals surface area (Å²) in [6.45, 7) is 1.76. The average Bonchev–Trinajstić information content (AvgIpc) is 2.37. The number of nitrogens with zero attached hydrogens (tertiary/aromatic N) is 1. The predicted molar refractivity (Wildman–Crippen MR) is 71.5 cm³/mol. The molecule has 1 unspecified atom stereocenters. The Hall–Kier alpha value is -2.50. The van der Waals surface area contributed by atoms with Gasteiger partial charge < -0.3 is 5.32 Å². The predicted octanol–water partition coefficient (Wildman–Crippen LogP) is 4.05. The highest BCUT2D eigenvalue weighted by Gasteiger charge is 2.12. The molecule has 0 aliphatic heterocycles. The van der Waals surface area contributed by atoms with Crippen molar-refractivity contribution in [2.45, 2.75) is 13.0 Å². The lowest BCUT2D eigenvalue weighted by Gasteiger charge is -2.15. The molecule has 104 valence electrons. The van der Waals surface area contributed by atoms with Crippen LogP contribution in [0, 0.1) is 21.7 Å². The molecule has 0 fully saturated rings. The largest absolute Gasteiger partial charge is 0.378 e. The smallest absolute Gasteiger partial charge is 0.274 e. The fourth-order valence-corrected chi connectivity index (χ4v) is 1.87. The van der Waals surface area contributed by atoms with Crippen molar-refractivity contribution in [2.75, 3.05) is 5.32 Å². The lowest BCUT2D eigenvalue weighted by molar-refractivity contribution is -0.385. The van der Waals surface area contributed by atoms with E-state index in [0.717, 1.165) is 12.1 Å². The van der Waals surface area contributed by atoms with Gasteiger partial charge in [0.05, 0.1) is 11.0 Å².